The first-order valence-corrected chi connectivity index (χ1v) is 12.9. The van der Waals surface area contributed by atoms with Crippen LogP contribution in [-0.4, -0.2) is 41.9 Å². The normalized spacial score (nSPS) is 31.1. The van der Waals surface area contributed by atoms with Gasteiger partial charge in [0.05, 0.1) is 16.7 Å². The van der Waals surface area contributed by atoms with E-state index in [0.717, 1.165) is 57.8 Å². The zero-order chi connectivity index (χ0) is 24.6. The molecule has 4 bridgehead atoms. The molecule has 0 saturated heterocycles. The lowest BCUT2D eigenvalue weighted by molar-refractivity contribution is -0.176. The van der Waals surface area contributed by atoms with Crippen LogP contribution in [0.15, 0.2) is 24.3 Å². The topological polar surface area (TPSA) is 114 Å². The maximum absolute atomic E-state index is 13.3. The van der Waals surface area contributed by atoms with Gasteiger partial charge in [0.2, 0.25) is 5.91 Å². The monoisotopic (exact) mass is 481 g/mol. The molecule has 8 nitrogen and oxygen atoms in total. The molecule has 0 aromatic heterocycles. The molecule has 2 atom stereocenters. The lowest BCUT2D eigenvalue weighted by Gasteiger charge is -2.60. The van der Waals surface area contributed by atoms with E-state index < -0.39 is 17.9 Å². The first-order valence-electron chi connectivity index (χ1n) is 12.9. The standard InChI is InChI=1S/C27H35N3O5/c1-17(31)30-27-13-18-10-19(14-27)12-26(11-18,16-27)25(34)35-15-23(32)29-22-9-5-4-8-21(22)24(33)28-20-6-2-3-7-20/h4-5,8-9,18-20H,2-3,6-7,10-16H2,1H3,(H,28,33)(H,29,32)(H,30,31). The van der Waals surface area contributed by atoms with Gasteiger partial charge in [-0.15, -0.1) is 0 Å². The Morgan fingerprint density at radius 1 is 1.00 bits per heavy atom. The van der Waals surface area contributed by atoms with Gasteiger partial charge in [-0.1, -0.05) is 25.0 Å². The average Bonchev–Trinajstić information content (AvgIpc) is 3.29. The molecule has 1 aromatic rings. The van der Waals surface area contributed by atoms with Crippen molar-refractivity contribution < 1.29 is 23.9 Å². The molecule has 3 amide bonds. The van der Waals surface area contributed by atoms with Crippen LogP contribution in [0.4, 0.5) is 5.69 Å². The fraction of sp³-hybridized carbons (Fsp3) is 0.630. The van der Waals surface area contributed by atoms with E-state index in [1.165, 1.54) is 6.92 Å². The molecule has 5 aliphatic carbocycles. The summed E-state index contributed by atoms with van der Waals surface area (Å²) in [7, 11) is 0. The highest BCUT2D eigenvalue weighted by atomic mass is 16.5. The predicted molar refractivity (Wildman–Crippen MR) is 129 cm³/mol. The fourth-order valence-corrected chi connectivity index (χ4v) is 7.61. The molecule has 0 radical (unpaired) electrons. The summed E-state index contributed by atoms with van der Waals surface area (Å²) in [5.74, 6) is -0.291. The minimum absolute atomic E-state index is 0.0644. The van der Waals surface area contributed by atoms with Crippen molar-refractivity contribution in [2.24, 2.45) is 17.3 Å². The first kappa shape index (κ1) is 23.8. The van der Waals surface area contributed by atoms with Crippen molar-refractivity contribution in [3.63, 3.8) is 0 Å². The number of nitrogens with one attached hydrogen (secondary N) is 3. The minimum Gasteiger partial charge on any atom is -0.455 e. The summed E-state index contributed by atoms with van der Waals surface area (Å²) in [6, 6.07) is 7.05. The van der Waals surface area contributed by atoms with Crippen molar-refractivity contribution in [2.45, 2.75) is 82.7 Å². The van der Waals surface area contributed by atoms with E-state index in [1.54, 1.807) is 24.3 Å². The molecule has 5 aliphatic rings. The molecule has 35 heavy (non-hydrogen) atoms. The van der Waals surface area contributed by atoms with Gasteiger partial charge in [-0.25, -0.2) is 0 Å². The van der Waals surface area contributed by atoms with Crippen molar-refractivity contribution in [1.29, 1.82) is 0 Å². The molecule has 188 valence electrons. The predicted octanol–water partition coefficient (Wildman–Crippen LogP) is 3.32. The third kappa shape index (κ3) is 4.93. The van der Waals surface area contributed by atoms with Gasteiger partial charge in [-0.3, -0.25) is 19.2 Å². The first-order chi connectivity index (χ1) is 16.8. The number of amides is 3. The summed E-state index contributed by atoms with van der Waals surface area (Å²) in [6.45, 7) is 1.13. The largest absolute Gasteiger partial charge is 0.455 e. The summed E-state index contributed by atoms with van der Waals surface area (Å²) in [5, 5.41) is 8.93. The number of hydrogen-bond donors (Lipinski definition) is 3. The van der Waals surface area contributed by atoms with Gasteiger partial charge in [0.25, 0.3) is 11.8 Å². The average molecular weight is 482 g/mol. The number of rotatable bonds is 7. The number of carbonyl (C=O) groups excluding carboxylic acids is 4. The quantitative estimate of drug-likeness (QED) is 0.517. The molecule has 0 heterocycles. The van der Waals surface area contributed by atoms with Gasteiger partial charge in [-0.05, 0) is 75.3 Å². The Bertz CT molecular complexity index is 1020. The Labute approximate surface area is 205 Å². The van der Waals surface area contributed by atoms with Crippen LogP contribution in [0.1, 0.15) is 81.5 Å². The highest BCUT2D eigenvalue weighted by Crippen LogP contribution is 2.62. The number of anilines is 1. The third-order valence-corrected chi connectivity index (χ3v) is 8.41. The maximum Gasteiger partial charge on any atom is 0.312 e. The van der Waals surface area contributed by atoms with Crippen LogP contribution in [-0.2, 0) is 19.1 Å². The van der Waals surface area contributed by atoms with Crippen LogP contribution in [0.5, 0.6) is 0 Å². The number of hydrogen-bond acceptors (Lipinski definition) is 5. The van der Waals surface area contributed by atoms with Crippen molar-refractivity contribution in [3.8, 4) is 0 Å². The number of carbonyl (C=O) groups is 4. The number of benzene rings is 1. The number of esters is 1. The molecule has 6 rings (SSSR count). The van der Waals surface area contributed by atoms with Crippen molar-refractivity contribution in [2.75, 3.05) is 11.9 Å². The number of para-hydroxylation sites is 1. The Balaban J connectivity index is 1.20. The second-order valence-electron chi connectivity index (χ2n) is 11.3. The highest BCUT2D eigenvalue weighted by molar-refractivity contribution is 6.04. The van der Waals surface area contributed by atoms with Crippen molar-refractivity contribution in [1.82, 2.24) is 10.6 Å². The SMILES string of the molecule is CC(=O)NC12CC3CC(C1)CC(C(=O)OCC(=O)Nc1ccccc1C(=O)NC1CCCC1)(C3)C2. The van der Waals surface area contributed by atoms with Crippen molar-refractivity contribution >= 4 is 29.4 Å². The molecule has 1 aromatic carbocycles. The van der Waals surface area contributed by atoms with Crippen LogP contribution in [0.3, 0.4) is 0 Å². The van der Waals surface area contributed by atoms with Crippen LogP contribution in [0.25, 0.3) is 0 Å². The second kappa shape index (κ2) is 9.28. The van der Waals surface area contributed by atoms with Gasteiger partial charge < -0.3 is 20.7 Å². The Hall–Kier alpha value is -2.90. The van der Waals surface area contributed by atoms with E-state index in [4.69, 9.17) is 4.74 Å². The smallest absolute Gasteiger partial charge is 0.312 e. The summed E-state index contributed by atoms with van der Waals surface area (Å²) in [5.41, 5.74) is -0.157. The summed E-state index contributed by atoms with van der Waals surface area (Å²) >= 11 is 0. The zero-order valence-electron chi connectivity index (χ0n) is 20.4. The lowest BCUT2D eigenvalue weighted by Crippen LogP contribution is -2.64. The van der Waals surface area contributed by atoms with Crippen LogP contribution >= 0.6 is 0 Å². The Kier molecular flexibility index (Phi) is 6.32. The molecule has 2 unspecified atom stereocenters. The lowest BCUT2D eigenvalue weighted by atomic mass is 9.47. The number of ether oxygens (including phenoxy) is 1. The molecule has 5 fully saturated rings. The van der Waals surface area contributed by atoms with Gasteiger partial charge in [0.15, 0.2) is 6.61 Å². The molecule has 8 heteroatoms. The molecular formula is C27H35N3O5. The van der Waals surface area contributed by atoms with Gasteiger partial charge in [0.1, 0.15) is 0 Å². The van der Waals surface area contributed by atoms with Gasteiger partial charge >= 0.3 is 5.97 Å². The summed E-state index contributed by atoms with van der Waals surface area (Å²) in [6.07, 6.45) is 9.20. The summed E-state index contributed by atoms with van der Waals surface area (Å²) in [4.78, 5) is 50.6. The summed E-state index contributed by atoms with van der Waals surface area (Å²) < 4.78 is 5.55. The zero-order valence-corrected chi connectivity index (χ0v) is 20.4. The van der Waals surface area contributed by atoms with Gasteiger partial charge in [-0.2, -0.15) is 0 Å². The van der Waals surface area contributed by atoms with E-state index in [-0.39, 0.29) is 29.4 Å². The molecule has 0 aliphatic heterocycles. The van der Waals surface area contributed by atoms with Crippen LogP contribution in [0, 0.1) is 17.3 Å². The van der Waals surface area contributed by atoms with Gasteiger partial charge in [0, 0.05) is 18.5 Å². The van der Waals surface area contributed by atoms with E-state index in [1.807, 2.05) is 0 Å². The Morgan fingerprint density at radius 3 is 2.37 bits per heavy atom. The van der Waals surface area contributed by atoms with E-state index in [0.29, 0.717) is 29.5 Å². The van der Waals surface area contributed by atoms with E-state index in [2.05, 4.69) is 16.0 Å². The van der Waals surface area contributed by atoms with Crippen LogP contribution in [0.2, 0.25) is 0 Å². The molecule has 5 saturated carbocycles. The highest BCUT2D eigenvalue weighted by Gasteiger charge is 2.61. The van der Waals surface area contributed by atoms with E-state index in [9.17, 15) is 19.2 Å². The fourth-order valence-electron chi connectivity index (χ4n) is 7.61. The molecular weight excluding hydrogens is 446 g/mol. The maximum atomic E-state index is 13.3. The van der Waals surface area contributed by atoms with E-state index >= 15 is 0 Å². The minimum atomic E-state index is -0.633. The third-order valence-electron chi connectivity index (χ3n) is 8.41. The van der Waals surface area contributed by atoms with Crippen molar-refractivity contribution in [3.05, 3.63) is 29.8 Å². The van der Waals surface area contributed by atoms with Crippen LogP contribution < -0.4 is 16.0 Å². The molecule has 3 N–H and O–H groups in total. The molecule has 0 spiro atoms. The second-order valence-corrected chi connectivity index (χ2v) is 11.3. The Morgan fingerprint density at radius 2 is 1.69 bits per heavy atom.